The molecule has 1 unspecified atom stereocenters. The smallest absolute Gasteiger partial charge is 0.244 e. The van der Waals surface area contributed by atoms with Gasteiger partial charge in [-0.25, -0.2) is 0 Å². The second-order valence-electron chi connectivity index (χ2n) is 6.90. The Labute approximate surface area is 126 Å². The molecular weight excluding hydrogens is 260 g/mol. The molecular formula is C18H24N2O. The van der Waals surface area contributed by atoms with E-state index in [0.29, 0.717) is 11.9 Å². The Morgan fingerprint density at radius 1 is 1.00 bits per heavy atom. The van der Waals surface area contributed by atoms with E-state index in [4.69, 9.17) is 0 Å². The first kappa shape index (κ1) is 13.3. The maximum Gasteiger partial charge on any atom is 0.244 e. The third-order valence-electron chi connectivity index (χ3n) is 5.63. The molecule has 112 valence electrons. The van der Waals surface area contributed by atoms with Crippen LogP contribution in [0.2, 0.25) is 0 Å². The second kappa shape index (κ2) is 5.13. The van der Waals surface area contributed by atoms with E-state index in [0.717, 1.165) is 12.8 Å². The Kier molecular flexibility index (Phi) is 3.26. The van der Waals surface area contributed by atoms with Gasteiger partial charge in [-0.15, -0.1) is 0 Å². The number of hydrogen-bond acceptors (Lipinski definition) is 2. The fourth-order valence-corrected chi connectivity index (χ4v) is 4.53. The third-order valence-corrected chi connectivity index (χ3v) is 5.63. The van der Waals surface area contributed by atoms with Gasteiger partial charge in [0.2, 0.25) is 5.91 Å². The minimum Gasteiger partial charge on any atom is -0.318 e. The van der Waals surface area contributed by atoms with Gasteiger partial charge < -0.3 is 4.90 Å². The van der Waals surface area contributed by atoms with E-state index in [9.17, 15) is 4.79 Å². The topological polar surface area (TPSA) is 32.3 Å². The number of hydrogen-bond donors (Lipinski definition) is 1. The molecule has 1 saturated heterocycles. The average molecular weight is 284 g/mol. The van der Waals surface area contributed by atoms with Crippen molar-refractivity contribution >= 4 is 5.91 Å². The third kappa shape index (κ3) is 2.10. The highest BCUT2D eigenvalue weighted by Gasteiger charge is 2.54. The lowest BCUT2D eigenvalue weighted by Gasteiger charge is -2.30. The van der Waals surface area contributed by atoms with Crippen LogP contribution >= 0.6 is 0 Å². The van der Waals surface area contributed by atoms with Gasteiger partial charge in [-0.05, 0) is 31.2 Å². The van der Waals surface area contributed by atoms with E-state index in [1.807, 2.05) is 6.07 Å². The summed E-state index contributed by atoms with van der Waals surface area (Å²) in [6.45, 7) is 0. The van der Waals surface area contributed by atoms with Gasteiger partial charge >= 0.3 is 0 Å². The van der Waals surface area contributed by atoms with Crippen LogP contribution in [-0.2, 0) is 4.79 Å². The van der Waals surface area contributed by atoms with Gasteiger partial charge in [0.1, 0.15) is 6.17 Å². The summed E-state index contributed by atoms with van der Waals surface area (Å²) in [6.07, 6.45) is 9.35. The van der Waals surface area contributed by atoms with E-state index < -0.39 is 0 Å². The summed E-state index contributed by atoms with van der Waals surface area (Å²) in [5.41, 5.74) is 0.977. The van der Waals surface area contributed by atoms with Crippen LogP contribution in [0.15, 0.2) is 30.3 Å². The second-order valence-corrected chi connectivity index (χ2v) is 6.90. The van der Waals surface area contributed by atoms with Gasteiger partial charge in [-0.2, -0.15) is 0 Å². The van der Waals surface area contributed by atoms with Crippen LogP contribution in [0.4, 0.5) is 0 Å². The summed E-state index contributed by atoms with van der Waals surface area (Å²) in [6, 6.07) is 10.9. The van der Waals surface area contributed by atoms with Crippen LogP contribution in [0.3, 0.4) is 0 Å². The Morgan fingerprint density at radius 3 is 2.33 bits per heavy atom. The first-order valence-corrected chi connectivity index (χ1v) is 8.46. The Morgan fingerprint density at radius 2 is 1.67 bits per heavy atom. The molecule has 1 aromatic carbocycles. The van der Waals surface area contributed by atoms with E-state index in [-0.39, 0.29) is 11.7 Å². The number of nitrogens with one attached hydrogen (secondary N) is 1. The van der Waals surface area contributed by atoms with Crippen LogP contribution in [0, 0.1) is 0 Å². The minimum atomic E-state index is -0.261. The molecule has 1 aliphatic heterocycles. The summed E-state index contributed by atoms with van der Waals surface area (Å²) in [7, 11) is 0. The van der Waals surface area contributed by atoms with Crippen molar-refractivity contribution in [2.24, 2.45) is 0 Å². The summed E-state index contributed by atoms with van der Waals surface area (Å²) >= 11 is 0. The van der Waals surface area contributed by atoms with Gasteiger partial charge in [0.25, 0.3) is 0 Å². The van der Waals surface area contributed by atoms with Gasteiger partial charge in [0.05, 0.1) is 5.54 Å². The number of nitrogens with zero attached hydrogens (tertiary/aromatic N) is 1. The van der Waals surface area contributed by atoms with Crippen LogP contribution in [0.25, 0.3) is 0 Å². The summed E-state index contributed by atoms with van der Waals surface area (Å²) in [4.78, 5) is 15.4. The standard InChI is InChI=1S/C18H24N2O/c21-17-18(12-6-7-13-18)19-16(14-8-2-1-3-9-14)20(17)15-10-4-5-11-15/h1-3,8-9,15-16,19H,4-7,10-13H2. The Balaban J connectivity index is 1.70. The van der Waals surface area contributed by atoms with Gasteiger partial charge in [-0.1, -0.05) is 56.0 Å². The molecule has 2 saturated carbocycles. The van der Waals surface area contributed by atoms with E-state index in [2.05, 4.69) is 34.5 Å². The first-order chi connectivity index (χ1) is 10.3. The zero-order valence-corrected chi connectivity index (χ0v) is 12.6. The van der Waals surface area contributed by atoms with Crippen molar-refractivity contribution in [1.82, 2.24) is 10.2 Å². The van der Waals surface area contributed by atoms with E-state index in [1.165, 1.54) is 44.1 Å². The molecule has 3 aliphatic rings. The lowest BCUT2D eigenvalue weighted by Crippen LogP contribution is -2.45. The zero-order valence-electron chi connectivity index (χ0n) is 12.6. The van der Waals surface area contributed by atoms with Crippen LogP contribution in [-0.4, -0.2) is 22.4 Å². The quantitative estimate of drug-likeness (QED) is 0.903. The largest absolute Gasteiger partial charge is 0.318 e. The summed E-state index contributed by atoms with van der Waals surface area (Å²) < 4.78 is 0. The van der Waals surface area contributed by atoms with Gasteiger partial charge in [0.15, 0.2) is 0 Å². The van der Waals surface area contributed by atoms with Crippen LogP contribution < -0.4 is 5.32 Å². The molecule has 2 aliphatic carbocycles. The molecule has 3 nitrogen and oxygen atoms in total. The highest BCUT2D eigenvalue weighted by molar-refractivity contribution is 5.89. The fourth-order valence-electron chi connectivity index (χ4n) is 4.53. The molecule has 1 spiro atoms. The van der Waals surface area contributed by atoms with Crippen LogP contribution in [0.5, 0.6) is 0 Å². The highest BCUT2D eigenvalue weighted by Crippen LogP contribution is 2.43. The van der Waals surface area contributed by atoms with Gasteiger partial charge in [0, 0.05) is 6.04 Å². The molecule has 1 aromatic rings. The van der Waals surface area contributed by atoms with Crippen molar-refractivity contribution in [3.63, 3.8) is 0 Å². The number of carbonyl (C=O) groups excluding carboxylic acids is 1. The van der Waals surface area contributed by atoms with E-state index in [1.54, 1.807) is 0 Å². The summed E-state index contributed by atoms with van der Waals surface area (Å²) in [5, 5.41) is 3.74. The molecule has 0 radical (unpaired) electrons. The molecule has 3 fully saturated rings. The lowest BCUT2D eigenvalue weighted by molar-refractivity contribution is -0.135. The van der Waals surface area contributed by atoms with Crippen molar-refractivity contribution in [2.45, 2.75) is 69.1 Å². The predicted octanol–water partition coefficient (Wildman–Crippen LogP) is 3.37. The zero-order chi connectivity index (χ0) is 14.3. The maximum atomic E-state index is 13.2. The van der Waals surface area contributed by atoms with E-state index >= 15 is 0 Å². The molecule has 4 rings (SSSR count). The molecule has 1 atom stereocenters. The molecule has 21 heavy (non-hydrogen) atoms. The van der Waals surface area contributed by atoms with Crippen molar-refractivity contribution in [3.8, 4) is 0 Å². The molecule has 0 bridgehead atoms. The SMILES string of the molecule is O=C1N(C2CCCC2)C(c2ccccc2)NC12CCCC2. The Bertz CT molecular complexity index is 515. The average Bonchev–Trinajstić information content (AvgIpc) is 3.24. The molecule has 1 amide bonds. The highest BCUT2D eigenvalue weighted by atomic mass is 16.2. The lowest BCUT2D eigenvalue weighted by atomic mass is 9.97. The molecule has 3 heteroatoms. The fraction of sp³-hybridized carbons (Fsp3) is 0.611. The Hall–Kier alpha value is -1.35. The number of carbonyl (C=O) groups is 1. The van der Waals surface area contributed by atoms with Crippen molar-refractivity contribution < 1.29 is 4.79 Å². The van der Waals surface area contributed by atoms with Crippen molar-refractivity contribution in [2.75, 3.05) is 0 Å². The number of amides is 1. The number of benzene rings is 1. The molecule has 0 aromatic heterocycles. The molecule has 1 N–H and O–H groups in total. The first-order valence-electron chi connectivity index (χ1n) is 8.46. The monoisotopic (exact) mass is 284 g/mol. The number of rotatable bonds is 2. The summed E-state index contributed by atoms with van der Waals surface area (Å²) in [5.74, 6) is 0.376. The molecule has 1 heterocycles. The van der Waals surface area contributed by atoms with Crippen molar-refractivity contribution in [1.29, 1.82) is 0 Å². The van der Waals surface area contributed by atoms with Crippen molar-refractivity contribution in [3.05, 3.63) is 35.9 Å². The van der Waals surface area contributed by atoms with Crippen LogP contribution in [0.1, 0.15) is 63.1 Å². The maximum absolute atomic E-state index is 13.2. The minimum absolute atomic E-state index is 0.0832. The normalized spacial score (nSPS) is 28.9. The van der Waals surface area contributed by atoms with Gasteiger partial charge in [-0.3, -0.25) is 10.1 Å². The predicted molar refractivity (Wildman–Crippen MR) is 82.6 cm³/mol.